The molecule has 0 bridgehead atoms. The number of nitrogens with one attached hydrogen (secondary N) is 1. The normalized spacial score (nSPS) is 24.7. The Labute approximate surface area is 82.7 Å². The van der Waals surface area contributed by atoms with Crippen LogP contribution in [0.15, 0.2) is 0 Å². The van der Waals surface area contributed by atoms with Crippen LogP contribution >= 0.6 is 0 Å². The van der Waals surface area contributed by atoms with Gasteiger partial charge in [-0.15, -0.1) is 0 Å². The summed E-state index contributed by atoms with van der Waals surface area (Å²) in [5.74, 6) is 0. The first-order chi connectivity index (χ1) is 6.39. The van der Waals surface area contributed by atoms with Gasteiger partial charge < -0.3 is 10.2 Å². The van der Waals surface area contributed by atoms with Gasteiger partial charge >= 0.3 is 0 Å². The number of nitrogens with zero attached hydrogens (tertiary/aromatic N) is 1. The Hall–Kier alpha value is -0.0800. The van der Waals surface area contributed by atoms with Gasteiger partial charge in [0.05, 0.1) is 0 Å². The molecule has 0 unspecified atom stereocenters. The second-order valence-electron chi connectivity index (χ2n) is 4.17. The molecule has 2 heteroatoms. The van der Waals surface area contributed by atoms with Crippen LogP contribution in [0, 0.1) is 0 Å². The molecule has 0 spiro atoms. The van der Waals surface area contributed by atoms with Crippen LogP contribution < -0.4 is 5.32 Å². The average molecular weight is 184 g/mol. The van der Waals surface area contributed by atoms with Crippen LogP contribution in [0.4, 0.5) is 0 Å². The van der Waals surface area contributed by atoms with Crippen molar-refractivity contribution >= 4 is 0 Å². The largest absolute Gasteiger partial charge is 0.317 e. The monoisotopic (exact) mass is 184 g/mol. The molecule has 0 aromatic heterocycles. The minimum atomic E-state index is 1.23. The van der Waals surface area contributed by atoms with Crippen molar-refractivity contribution in [3.8, 4) is 0 Å². The molecule has 2 nitrogen and oxygen atoms in total. The zero-order valence-corrected chi connectivity index (χ0v) is 9.02. The fraction of sp³-hybridized carbons (Fsp3) is 1.00. The maximum Gasteiger partial charge on any atom is -0.00218 e. The van der Waals surface area contributed by atoms with Crippen LogP contribution in [-0.4, -0.2) is 38.1 Å². The molecular formula is C11H24N2. The van der Waals surface area contributed by atoms with Gasteiger partial charge in [0, 0.05) is 0 Å². The predicted octanol–water partition coefficient (Wildman–Crippen LogP) is 1.86. The van der Waals surface area contributed by atoms with Gasteiger partial charge in [-0.1, -0.05) is 12.8 Å². The molecule has 1 aliphatic rings. The highest BCUT2D eigenvalue weighted by atomic mass is 15.1. The summed E-state index contributed by atoms with van der Waals surface area (Å²) < 4.78 is 0. The Bertz CT molecular complexity index is 103. The van der Waals surface area contributed by atoms with E-state index in [1.54, 1.807) is 0 Å². The van der Waals surface area contributed by atoms with Gasteiger partial charge in [-0.3, -0.25) is 0 Å². The summed E-state index contributed by atoms with van der Waals surface area (Å²) in [4.78, 5) is 2.48. The summed E-state index contributed by atoms with van der Waals surface area (Å²) in [6.45, 7) is 5.04. The van der Waals surface area contributed by atoms with Crippen LogP contribution in [0.25, 0.3) is 0 Å². The van der Waals surface area contributed by atoms with E-state index < -0.39 is 0 Å². The molecule has 78 valence electrons. The van der Waals surface area contributed by atoms with Crippen molar-refractivity contribution in [3.63, 3.8) is 0 Å². The lowest BCUT2D eigenvalue weighted by atomic mass is 10.2. The van der Waals surface area contributed by atoms with Crippen LogP contribution in [0.2, 0.25) is 0 Å². The molecule has 13 heavy (non-hydrogen) atoms. The fourth-order valence-electron chi connectivity index (χ4n) is 1.85. The number of hydrogen-bond donors (Lipinski definition) is 1. The van der Waals surface area contributed by atoms with Gasteiger partial charge in [0.15, 0.2) is 0 Å². The third kappa shape index (κ3) is 6.05. The van der Waals surface area contributed by atoms with Crippen LogP contribution in [0.5, 0.6) is 0 Å². The summed E-state index contributed by atoms with van der Waals surface area (Å²) in [5, 5.41) is 3.50. The summed E-state index contributed by atoms with van der Waals surface area (Å²) in [7, 11) is 2.25. The van der Waals surface area contributed by atoms with Gasteiger partial charge in [0.2, 0.25) is 0 Å². The molecule has 1 aliphatic heterocycles. The lowest BCUT2D eigenvalue weighted by Gasteiger charge is -2.17. The van der Waals surface area contributed by atoms with E-state index in [9.17, 15) is 0 Å². The molecule has 1 saturated heterocycles. The van der Waals surface area contributed by atoms with Gasteiger partial charge in [-0.05, 0) is 58.9 Å². The molecule has 0 aromatic rings. The smallest absolute Gasteiger partial charge is 0.00218 e. The Morgan fingerprint density at radius 1 is 0.769 bits per heavy atom. The molecule has 0 radical (unpaired) electrons. The minimum Gasteiger partial charge on any atom is -0.317 e. The first-order valence-electron chi connectivity index (χ1n) is 5.79. The van der Waals surface area contributed by atoms with Crippen LogP contribution in [-0.2, 0) is 0 Å². The second kappa shape index (κ2) is 7.34. The van der Waals surface area contributed by atoms with E-state index in [-0.39, 0.29) is 0 Å². The van der Waals surface area contributed by atoms with Crippen molar-refractivity contribution in [2.45, 2.75) is 38.5 Å². The van der Waals surface area contributed by atoms with Crippen molar-refractivity contribution < 1.29 is 0 Å². The summed E-state index contributed by atoms with van der Waals surface area (Å²) >= 11 is 0. The van der Waals surface area contributed by atoms with Gasteiger partial charge in [-0.2, -0.15) is 0 Å². The first kappa shape index (κ1) is 11.0. The van der Waals surface area contributed by atoms with E-state index >= 15 is 0 Å². The SMILES string of the molecule is CN1CCCCCNCCCCC1. The van der Waals surface area contributed by atoms with Crippen molar-refractivity contribution in [2.24, 2.45) is 0 Å². The lowest BCUT2D eigenvalue weighted by molar-refractivity contribution is 0.312. The van der Waals surface area contributed by atoms with Crippen molar-refractivity contribution in [1.29, 1.82) is 0 Å². The van der Waals surface area contributed by atoms with Crippen LogP contribution in [0.3, 0.4) is 0 Å². The standard InChI is InChI=1S/C11H24N2/c1-13-10-6-2-4-8-12-9-5-3-7-11-13/h12H,2-11H2,1H3. The zero-order chi connectivity index (χ0) is 9.36. The molecule has 1 fully saturated rings. The van der Waals surface area contributed by atoms with E-state index in [1.165, 1.54) is 64.7 Å². The van der Waals surface area contributed by atoms with Crippen molar-refractivity contribution in [1.82, 2.24) is 10.2 Å². The van der Waals surface area contributed by atoms with E-state index in [0.29, 0.717) is 0 Å². The maximum absolute atomic E-state index is 3.50. The predicted molar refractivity (Wildman–Crippen MR) is 58.1 cm³/mol. The zero-order valence-electron chi connectivity index (χ0n) is 9.02. The van der Waals surface area contributed by atoms with Crippen molar-refractivity contribution in [3.05, 3.63) is 0 Å². The van der Waals surface area contributed by atoms with Crippen molar-refractivity contribution in [2.75, 3.05) is 33.2 Å². The Balaban J connectivity index is 2.11. The molecule has 0 amide bonds. The molecule has 1 heterocycles. The number of rotatable bonds is 0. The second-order valence-corrected chi connectivity index (χ2v) is 4.17. The van der Waals surface area contributed by atoms with Gasteiger partial charge in [0.1, 0.15) is 0 Å². The first-order valence-corrected chi connectivity index (χ1v) is 5.79. The molecule has 1 rings (SSSR count). The average Bonchev–Trinajstić information content (AvgIpc) is 2.11. The maximum atomic E-state index is 3.50. The van der Waals surface area contributed by atoms with E-state index in [0.717, 1.165) is 0 Å². The van der Waals surface area contributed by atoms with E-state index in [1.807, 2.05) is 0 Å². The fourth-order valence-corrected chi connectivity index (χ4v) is 1.85. The molecule has 0 saturated carbocycles. The Kier molecular flexibility index (Phi) is 6.21. The third-order valence-corrected chi connectivity index (χ3v) is 2.79. The molecular weight excluding hydrogens is 160 g/mol. The van der Waals surface area contributed by atoms with Gasteiger partial charge in [0.25, 0.3) is 0 Å². The highest BCUT2D eigenvalue weighted by Crippen LogP contribution is 2.01. The molecule has 0 aromatic carbocycles. The quantitative estimate of drug-likeness (QED) is 0.618. The highest BCUT2D eigenvalue weighted by molar-refractivity contribution is 4.57. The Morgan fingerprint density at radius 3 is 1.85 bits per heavy atom. The lowest BCUT2D eigenvalue weighted by Crippen LogP contribution is -2.23. The van der Waals surface area contributed by atoms with E-state index in [4.69, 9.17) is 0 Å². The summed E-state index contributed by atoms with van der Waals surface area (Å²) in [6.07, 6.45) is 8.23. The summed E-state index contributed by atoms with van der Waals surface area (Å²) in [6, 6.07) is 0. The topological polar surface area (TPSA) is 15.3 Å². The minimum absolute atomic E-state index is 1.23. The summed E-state index contributed by atoms with van der Waals surface area (Å²) in [5.41, 5.74) is 0. The molecule has 1 N–H and O–H groups in total. The van der Waals surface area contributed by atoms with Crippen LogP contribution in [0.1, 0.15) is 38.5 Å². The highest BCUT2D eigenvalue weighted by Gasteiger charge is 1.99. The van der Waals surface area contributed by atoms with E-state index in [2.05, 4.69) is 17.3 Å². The van der Waals surface area contributed by atoms with Gasteiger partial charge in [-0.25, -0.2) is 0 Å². The number of hydrogen-bond acceptors (Lipinski definition) is 2. The third-order valence-electron chi connectivity index (χ3n) is 2.79. The molecule has 0 atom stereocenters. The molecule has 0 aliphatic carbocycles. The Morgan fingerprint density at radius 2 is 1.31 bits per heavy atom.